The molecule has 4 rings (SSSR count). The van der Waals surface area contributed by atoms with Gasteiger partial charge < -0.3 is 23.4 Å². The summed E-state index contributed by atoms with van der Waals surface area (Å²) >= 11 is 0. The smallest absolute Gasteiger partial charge is 0.254 e. The summed E-state index contributed by atoms with van der Waals surface area (Å²) in [6, 6.07) is 12.9. The lowest BCUT2D eigenvalue weighted by Crippen LogP contribution is -2.30. The molecule has 0 N–H and O–H groups in total. The van der Waals surface area contributed by atoms with Crippen molar-refractivity contribution in [2.75, 3.05) is 6.79 Å². The zero-order valence-electron chi connectivity index (χ0n) is 13.8. The molecule has 0 spiro atoms. The Morgan fingerprint density at radius 3 is 2.76 bits per heavy atom. The quantitative estimate of drug-likeness (QED) is 0.717. The number of carbonyl (C=O) groups excluding carboxylic acids is 1. The number of ether oxygens (including phenoxy) is 2. The Bertz CT molecular complexity index is 883. The van der Waals surface area contributed by atoms with E-state index >= 15 is 0 Å². The molecule has 3 aromatic rings. The number of furan rings is 1. The number of amides is 1. The molecule has 0 bridgehead atoms. The van der Waals surface area contributed by atoms with Gasteiger partial charge in [0.25, 0.3) is 5.91 Å². The summed E-state index contributed by atoms with van der Waals surface area (Å²) in [5, 5.41) is 0. The zero-order valence-corrected chi connectivity index (χ0v) is 13.8. The van der Waals surface area contributed by atoms with Gasteiger partial charge in [0, 0.05) is 24.5 Å². The highest BCUT2D eigenvalue weighted by Crippen LogP contribution is 2.33. The lowest BCUT2D eigenvalue weighted by molar-refractivity contribution is 0.0713. The molecule has 1 amide bonds. The van der Waals surface area contributed by atoms with Crippen molar-refractivity contribution in [1.82, 2.24) is 9.47 Å². The van der Waals surface area contributed by atoms with Crippen molar-refractivity contribution in [2.45, 2.75) is 13.1 Å². The lowest BCUT2D eigenvalue weighted by Gasteiger charge is -2.22. The van der Waals surface area contributed by atoms with Crippen molar-refractivity contribution >= 4 is 5.91 Å². The van der Waals surface area contributed by atoms with Crippen molar-refractivity contribution < 1.29 is 18.7 Å². The summed E-state index contributed by atoms with van der Waals surface area (Å²) in [5.41, 5.74) is 1.60. The number of carbonyl (C=O) groups is 1. The van der Waals surface area contributed by atoms with Gasteiger partial charge in [-0.15, -0.1) is 0 Å². The summed E-state index contributed by atoms with van der Waals surface area (Å²) in [5.74, 6) is 1.92. The van der Waals surface area contributed by atoms with Crippen molar-refractivity contribution in [3.05, 3.63) is 71.9 Å². The first-order valence-electron chi connectivity index (χ1n) is 8.02. The van der Waals surface area contributed by atoms with E-state index in [-0.39, 0.29) is 12.7 Å². The molecule has 0 saturated heterocycles. The second kappa shape index (κ2) is 6.39. The molecule has 0 unspecified atom stereocenters. The summed E-state index contributed by atoms with van der Waals surface area (Å²) in [4.78, 5) is 14.8. The number of hydrogen-bond acceptors (Lipinski definition) is 4. The Kier molecular flexibility index (Phi) is 3.93. The second-order valence-electron chi connectivity index (χ2n) is 5.92. The fourth-order valence-corrected chi connectivity index (χ4v) is 2.86. The minimum Gasteiger partial charge on any atom is -0.467 e. The van der Waals surface area contributed by atoms with E-state index in [1.54, 1.807) is 29.4 Å². The van der Waals surface area contributed by atoms with Gasteiger partial charge in [-0.1, -0.05) is 0 Å². The van der Waals surface area contributed by atoms with Crippen LogP contribution in [0.2, 0.25) is 0 Å². The number of nitrogens with zero attached hydrogens (tertiary/aromatic N) is 2. The number of aryl methyl sites for hydroxylation is 1. The van der Waals surface area contributed by atoms with Crippen LogP contribution in [0.15, 0.2) is 59.3 Å². The van der Waals surface area contributed by atoms with Crippen LogP contribution in [0.3, 0.4) is 0 Å². The number of fused-ring (bicyclic) bond motifs is 1. The SMILES string of the molecule is Cn1cccc1CN(Cc1ccco1)C(=O)c1ccc2c(c1)OCO2. The fourth-order valence-electron chi connectivity index (χ4n) is 2.86. The van der Waals surface area contributed by atoms with Crippen LogP contribution >= 0.6 is 0 Å². The molecular formula is C19H18N2O4. The Balaban J connectivity index is 1.62. The van der Waals surface area contributed by atoms with Gasteiger partial charge in [-0.2, -0.15) is 0 Å². The fraction of sp³-hybridized carbons (Fsp3) is 0.211. The van der Waals surface area contributed by atoms with Crippen LogP contribution in [-0.2, 0) is 20.1 Å². The number of rotatable bonds is 5. The van der Waals surface area contributed by atoms with Crippen molar-refractivity contribution in [3.8, 4) is 11.5 Å². The molecule has 128 valence electrons. The molecule has 2 aromatic heterocycles. The predicted octanol–water partition coefficient (Wildman–Crippen LogP) is 3.19. The van der Waals surface area contributed by atoms with Gasteiger partial charge in [-0.05, 0) is 42.5 Å². The van der Waals surface area contributed by atoms with E-state index in [0.717, 1.165) is 11.5 Å². The second-order valence-corrected chi connectivity index (χ2v) is 5.92. The predicted molar refractivity (Wildman–Crippen MR) is 90.3 cm³/mol. The molecule has 0 atom stereocenters. The van der Waals surface area contributed by atoms with Crippen molar-refractivity contribution in [3.63, 3.8) is 0 Å². The summed E-state index contributed by atoms with van der Waals surface area (Å²) in [6.07, 6.45) is 3.58. The van der Waals surface area contributed by atoms with Gasteiger partial charge in [0.1, 0.15) is 5.76 Å². The lowest BCUT2D eigenvalue weighted by atomic mass is 10.1. The molecule has 0 saturated carbocycles. The van der Waals surface area contributed by atoms with E-state index in [0.29, 0.717) is 30.2 Å². The van der Waals surface area contributed by atoms with Crippen LogP contribution in [-0.4, -0.2) is 22.2 Å². The van der Waals surface area contributed by atoms with Gasteiger partial charge in [-0.3, -0.25) is 4.79 Å². The molecule has 1 aliphatic rings. The molecule has 1 aliphatic heterocycles. The third-order valence-electron chi connectivity index (χ3n) is 4.24. The van der Waals surface area contributed by atoms with Gasteiger partial charge in [-0.25, -0.2) is 0 Å². The number of benzene rings is 1. The Hall–Kier alpha value is -3.15. The van der Waals surface area contributed by atoms with Gasteiger partial charge in [0.05, 0.1) is 19.4 Å². The Morgan fingerprint density at radius 2 is 2.00 bits per heavy atom. The maximum absolute atomic E-state index is 13.1. The molecule has 25 heavy (non-hydrogen) atoms. The number of aromatic nitrogens is 1. The van der Waals surface area contributed by atoms with Crippen LogP contribution in [0.1, 0.15) is 21.8 Å². The third kappa shape index (κ3) is 3.10. The topological polar surface area (TPSA) is 56.8 Å². The highest BCUT2D eigenvalue weighted by atomic mass is 16.7. The van der Waals surface area contributed by atoms with E-state index in [2.05, 4.69) is 0 Å². The first-order valence-corrected chi connectivity index (χ1v) is 8.02. The first-order chi connectivity index (χ1) is 12.2. The molecule has 1 aromatic carbocycles. The average Bonchev–Trinajstić information content (AvgIpc) is 3.36. The number of hydrogen-bond donors (Lipinski definition) is 0. The molecule has 0 radical (unpaired) electrons. The normalized spacial score (nSPS) is 12.4. The van der Waals surface area contributed by atoms with Gasteiger partial charge >= 0.3 is 0 Å². The van der Waals surface area contributed by atoms with E-state index < -0.39 is 0 Å². The van der Waals surface area contributed by atoms with Crippen molar-refractivity contribution in [2.24, 2.45) is 7.05 Å². The van der Waals surface area contributed by atoms with Crippen LogP contribution in [0, 0.1) is 0 Å². The molecular weight excluding hydrogens is 320 g/mol. The van der Waals surface area contributed by atoms with E-state index in [1.807, 2.05) is 42.1 Å². The zero-order chi connectivity index (χ0) is 17.2. The minimum atomic E-state index is -0.0871. The third-order valence-corrected chi connectivity index (χ3v) is 4.24. The molecule has 0 fully saturated rings. The standard InChI is InChI=1S/C19H18N2O4/c1-20-8-2-4-15(20)11-21(12-16-5-3-9-23-16)19(22)14-6-7-17-18(10-14)25-13-24-17/h2-10H,11-13H2,1H3. The van der Waals surface area contributed by atoms with Gasteiger partial charge in [0.2, 0.25) is 6.79 Å². The van der Waals surface area contributed by atoms with Crippen LogP contribution in [0.25, 0.3) is 0 Å². The largest absolute Gasteiger partial charge is 0.467 e. The average molecular weight is 338 g/mol. The summed E-state index contributed by atoms with van der Waals surface area (Å²) in [7, 11) is 1.96. The summed E-state index contributed by atoms with van der Waals surface area (Å²) < 4.78 is 18.1. The van der Waals surface area contributed by atoms with Crippen LogP contribution in [0.4, 0.5) is 0 Å². The molecule has 3 heterocycles. The minimum absolute atomic E-state index is 0.0871. The maximum atomic E-state index is 13.1. The maximum Gasteiger partial charge on any atom is 0.254 e. The van der Waals surface area contributed by atoms with Crippen LogP contribution in [0.5, 0.6) is 11.5 Å². The molecule has 0 aliphatic carbocycles. The summed E-state index contributed by atoms with van der Waals surface area (Å²) in [6.45, 7) is 1.06. The highest BCUT2D eigenvalue weighted by molar-refractivity contribution is 5.94. The van der Waals surface area contributed by atoms with Gasteiger partial charge in [0.15, 0.2) is 11.5 Å². The molecule has 6 nitrogen and oxygen atoms in total. The monoisotopic (exact) mass is 338 g/mol. The Labute approximate surface area is 145 Å². The van der Waals surface area contributed by atoms with Crippen LogP contribution < -0.4 is 9.47 Å². The first kappa shape index (κ1) is 15.4. The van der Waals surface area contributed by atoms with E-state index in [1.165, 1.54) is 0 Å². The van der Waals surface area contributed by atoms with E-state index in [4.69, 9.17) is 13.9 Å². The molecule has 6 heteroatoms. The Morgan fingerprint density at radius 1 is 1.12 bits per heavy atom. The van der Waals surface area contributed by atoms with E-state index in [9.17, 15) is 4.79 Å². The highest BCUT2D eigenvalue weighted by Gasteiger charge is 2.22. The van der Waals surface area contributed by atoms with Crippen molar-refractivity contribution in [1.29, 1.82) is 0 Å².